The highest BCUT2D eigenvalue weighted by Gasteiger charge is 2.10. The number of hydrogen-bond donors (Lipinski definition) is 1. The van der Waals surface area contributed by atoms with Gasteiger partial charge in [0, 0.05) is 16.8 Å². The molecule has 0 atom stereocenters. The first-order valence-corrected chi connectivity index (χ1v) is 7.67. The minimum atomic E-state index is -0.199. The predicted octanol–water partition coefficient (Wildman–Crippen LogP) is 4.54. The van der Waals surface area contributed by atoms with Crippen LogP contribution in [0.1, 0.15) is 10.4 Å². The van der Waals surface area contributed by atoms with E-state index >= 15 is 0 Å². The molecule has 1 amide bonds. The molecule has 1 heterocycles. The van der Waals surface area contributed by atoms with Crippen molar-refractivity contribution in [3.8, 4) is 5.69 Å². The quantitative estimate of drug-likeness (QED) is 0.729. The maximum atomic E-state index is 12.3. The molecule has 110 valence electrons. The Balaban J connectivity index is 1.89. The zero-order valence-electron chi connectivity index (χ0n) is 11.3. The molecule has 6 heteroatoms. The van der Waals surface area contributed by atoms with Crippen molar-refractivity contribution in [2.75, 3.05) is 5.32 Å². The highest BCUT2D eigenvalue weighted by atomic mass is 79.9. The van der Waals surface area contributed by atoms with E-state index in [0.717, 1.165) is 10.2 Å². The van der Waals surface area contributed by atoms with Gasteiger partial charge in [0.1, 0.15) is 0 Å². The minimum absolute atomic E-state index is 0.199. The topological polar surface area (TPSA) is 46.9 Å². The lowest BCUT2D eigenvalue weighted by molar-refractivity contribution is 0.102. The van der Waals surface area contributed by atoms with Crippen molar-refractivity contribution < 1.29 is 4.79 Å². The molecule has 0 aliphatic heterocycles. The van der Waals surface area contributed by atoms with Crippen LogP contribution < -0.4 is 5.32 Å². The van der Waals surface area contributed by atoms with Crippen molar-refractivity contribution in [3.05, 3.63) is 76.0 Å². The molecule has 0 aliphatic rings. The van der Waals surface area contributed by atoms with Gasteiger partial charge in [0.15, 0.2) is 0 Å². The molecule has 2 aromatic carbocycles. The summed E-state index contributed by atoms with van der Waals surface area (Å²) in [4.78, 5) is 12.3. The molecule has 0 radical (unpaired) electrons. The van der Waals surface area contributed by atoms with Crippen LogP contribution in [0.3, 0.4) is 0 Å². The number of halogens is 2. The fourth-order valence-electron chi connectivity index (χ4n) is 2.01. The van der Waals surface area contributed by atoms with Crippen molar-refractivity contribution in [2.45, 2.75) is 0 Å². The summed E-state index contributed by atoms with van der Waals surface area (Å²) < 4.78 is 2.56. The number of nitrogens with one attached hydrogen (secondary N) is 1. The molecule has 0 spiro atoms. The summed E-state index contributed by atoms with van der Waals surface area (Å²) in [6.07, 6.45) is 3.52. The Labute approximate surface area is 140 Å². The lowest BCUT2D eigenvalue weighted by Gasteiger charge is -2.11. The van der Waals surface area contributed by atoms with Gasteiger partial charge in [0.2, 0.25) is 0 Å². The largest absolute Gasteiger partial charge is 0.320 e. The number of benzene rings is 2. The standard InChI is InChI=1S/C16H11BrClN3O/c17-12-9-19-21(10-12)15-4-2-1-3-14(15)20-16(22)11-5-7-13(18)8-6-11/h1-10H,(H,20,22). The Bertz CT molecular complexity index is 814. The van der Waals surface area contributed by atoms with Crippen molar-refractivity contribution in [1.29, 1.82) is 0 Å². The third-order valence-electron chi connectivity index (χ3n) is 3.06. The molecule has 3 rings (SSSR count). The van der Waals surface area contributed by atoms with Gasteiger partial charge in [-0.25, -0.2) is 4.68 Å². The van der Waals surface area contributed by atoms with Crippen LogP contribution in [-0.4, -0.2) is 15.7 Å². The van der Waals surface area contributed by atoms with Crippen molar-refractivity contribution in [2.24, 2.45) is 0 Å². The third kappa shape index (κ3) is 3.21. The number of amides is 1. The monoisotopic (exact) mass is 375 g/mol. The third-order valence-corrected chi connectivity index (χ3v) is 3.72. The molecule has 3 aromatic rings. The maximum Gasteiger partial charge on any atom is 0.255 e. The van der Waals surface area contributed by atoms with Crippen molar-refractivity contribution >= 4 is 39.1 Å². The van der Waals surface area contributed by atoms with Crippen LogP contribution in [0.15, 0.2) is 65.4 Å². The number of anilines is 1. The van der Waals surface area contributed by atoms with E-state index in [9.17, 15) is 4.79 Å². The van der Waals surface area contributed by atoms with Gasteiger partial charge in [-0.15, -0.1) is 0 Å². The first kappa shape index (κ1) is 14.8. The maximum absolute atomic E-state index is 12.3. The lowest BCUT2D eigenvalue weighted by atomic mass is 10.2. The highest BCUT2D eigenvalue weighted by Crippen LogP contribution is 2.22. The van der Waals surface area contributed by atoms with Crippen LogP contribution in [-0.2, 0) is 0 Å². The number of carbonyl (C=O) groups excluding carboxylic acids is 1. The molecule has 0 aliphatic carbocycles. The zero-order chi connectivity index (χ0) is 15.5. The van der Waals surface area contributed by atoms with Gasteiger partial charge in [0.05, 0.1) is 22.0 Å². The molecule has 0 bridgehead atoms. The van der Waals surface area contributed by atoms with Crippen LogP contribution in [0.2, 0.25) is 5.02 Å². The van der Waals surface area contributed by atoms with Gasteiger partial charge >= 0.3 is 0 Å². The smallest absolute Gasteiger partial charge is 0.255 e. The number of hydrogen-bond acceptors (Lipinski definition) is 2. The Hall–Kier alpha value is -2.11. The Morgan fingerprint density at radius 3 is 2.55 bits per heavy atom. The summed E-state index contributed by atoms with van der Waals surface area (Å²) in [7, 11) is 0. The highest BCUT2D eigenvalue weighted by molar-refractivity contribution is 9.10. The van der Waals surface area contributed by atoms with Gasteiger partial charge < -0.3 is 5.32 Å². The average molecular weight is 377 g/mol. The molecular weight excluding hydrogens is 366 g/mol. The normalized spacial score (nSPS) is 10.5. The zero-order valence-corrected chi connectivity index (χ0v) is 13.7. The number of nitrogens with zero attached hydrogens (tertiary/aromatic N) is 2. The lowest BCUT2D eigenvalue weighted by Crippen LogP contribution is -2.13. The summed E-state index contributed by atoms with van der Waals surface area (Å²) in [5, 5.41) is 7.73. The van der Waals surface area contributed by atoms with Crippen LogP contribution >= 0.6 is 27.5 Å². The molecule has 0 saturated heterocycles. The van der Waals surface area contributed by atoms with E-state index in [1.807, 2.05) is 30.5 Å². The molecule has 0 saturated carbocycles. The van der Waals surface area contributed by atoms with E-state index in [1.54, 1.807) is 35.1 Å². The van der Waals surface area contributed by atoms with Crippen molar-refractivity contribution in [1.82, 2.24) is 9.78 Å². The molecule has 1 aromatic heterocycles. The van der Waals surface area contributed by atoms with Gasteiger partial charge in [-0.1, -0.05) is 23.7 Å². The number of carbonyl (C=O) groups is 1. The molecule has 0 unspecified atom stereocenters. The second-order valence-electron chi connectivity index (χ2n) is 4.58. The average Bonchev–Trinajstić information content (AvgIpc) is 2.95. The summed E-state index contributed by atoms with van der Waals surface area (Å²) >= 11 is 9.20. The van der Waals surface area contributed by atoms with Gasteiger partial charge in [0.25, 0.3) is 5.91 Å². The summed E-state index contributed by atoms with van der Waals surface area (Å²) in [5.41, 5.74) is 2.01. The SMILES string of the molecule is O=C(Nc1ccccc1-n1cc(Br)cn1)c1ccc(Cl)cc1. The number of rotatable bonds is 3. The van der Waals surface area contributed by atoms with E-state index < -0.39 is 0 Å². The van der Waals surface area contributed by atoms with Crippen molar-refractivity contribution in [3.63, 3.8) is 0 Å². The first-order chi connectivity index (χ1) is 10.6. The second-order valence-corrected chi connectivity index (χ2v) is 5.93. The van der Waals surface area contributed by atoms with Crippen LogP contribution in [0.4, 0.5) is 5.69 Å². The molecular formula is C16H11BrClN3O. The number of aromatic nitrogens is 2. The van der Waals surface area contributed by atoms with E-state index in [4.69, 9.17) is 11.6 Å². The summed E-state index contributed by atoms with van der Waals surface area (Å²) in [5.74, 6) is -0.199. The fraction of sp³-hybridized carbons (Fsp3) is 0. The van der Waals surface area contributed by atoms with Gasteiger partial charge in [-0.3, -0.25) is 4.79 Å². The van der Waals surface area contributed by atoms with Gasteiger partial charge in [-0.05, 0) is 52.3 Å². The predicted molar refractivity (Wildman–Crippen MR) is 90.7 cm³/mol. The molecule has 1 N–H and O–H groups in total. The Kier molecular flexibility index (Phi) is 4.27. The van der Waals surface area contributed by atoms with Gasteiger partial charge in [-0.2, -0.15) is 5.10 Å². The summed E-state index contributed by atoms with van der Waals surface area (Å²) in [6, 6.07) is 14.2. The van der Waals surface area contributed by atoms with E-state index in [-0.39, 0.29) is 5.91 Å². The molecule has 0 fully saturated rings. The van der Waals surface area contributed by atoms with E-state index in [1.165, 1.54) is 0 Å². The Morgan fingerprint density at radius 1 is 1.14 bits per heavy atom. The van der Waals surface area contributed by atoms with Crippen LogP contribution in [0.5, 0.6) is 0 Å². The van der Waals surface area contributed by atoms with E-state index in [2.05, 4.69) is 26.3 Å². The Morgan fingerprint density at radius 2 is 1.86 bits per heavy atom. The van der Waals surface area contributed by atoms with E-state index in [0.29, 0.717) is 16.3 Å². The first-order valence-electron chi connectivity index (χ1n) is 6.50. The van der Waals surface area contributed by atoms with Crippen LogP contribution in [0.25, 0.3) is 5.69 Å². The minimum Gasteiger partial charge on any atom is -0.320 e. The summed E-state index contributed by atoms with van der Waals surface area (Å²) in [6.45, 7) is 0. The fourth-order valence-corrected chi connectivity index (χ4v) is 2.42. The number of para-hydroxylation sites is 2. The van der Waals surface area contributed by atoms with Crippen LogP contribution in [0, 0.1) is 0 Å². The second kappa shape index (κ2) is 6.34. The molecule has 22 heavy (non-hydrogen) atoms. The molecule has 4 nitrogen and oxygen atoms in total.